The summed E-state index contributed by atoms with van der Waals surface area (Å²) < 4.78 is 74.4. The van der Waals surface area contributed by atoms with Gasteiger partial charge >= 0.3 is 13.6 Å². The van der Waals surface area contributed by atoms with Gasteiger partial charge in [-0.15, -0.1) is 0 Å². The molecule has 4 saturated heterocycles. The predicted molar refractivity (Wildman–Crippen MR) is 496 cm³/mol. The first-order valence-electron chi connectivity index (χ1n) is 43.5. The largest absolute Gasteiger partial charge is 0.496 e. The summed E-state index contributed by atoms with van der Waals surface area (Å²) in [6.45, 7) is 24.9. The third-order valence-corrected chi connectivity index (χ3v) is 30.2. The van der Waals surface area contributed by atoms with Gasteiger partial charge in [0.1, 0.15) is 23.0 Å². The number of aryl methyl sites for hydroxylation is 4. The van der Waals surface area contributed by atoms with Crippen LogP contribution >= 0.6 is 7.60 Å². The van der Waals surface area contributed by atoms with Gasteiger partial charge in [0.05, 0.1) is 58.8 Å². The van der Waals surface area contributed by atoms with Crippen LogP contribution in [0.3, 0.4) is 0 Å². The summed E-state index contributed by atoms with van der Waals surface area (Å²) in [4.78, 5) is 55.5. The van der Waals surface area contributed by atoms with Crippen molar-refractivity contribution in [1.29, 1.82) is 9.56 Å². The molecule has 4 fully saturated rings. The normalized spacial score (nSPS) is 21.5. The Hall–Kier alpha value is -9.52. The van der Waals surface area contributed by atoms with Crippen molar-refractivity contribution in [3.05, 3.63) is 242 Å². The van der Waals surface area contributed by atoms with Crippen LogP contribution in [0.15, 0.2) is 168 Å². The van der Waals surface area contributed by atoms with E-state index in [-0.39, 0.29) is 11.3 Å². The summed E-state index contributed by atoms with van der Waals surface area (Å²) in [7, 11) is -2.64. The molecule has 123 heavy (non-hydrogen) atoms. The average Bonchev–Trinajstić information content (AvgIpc) is 1.78. The molecule has 4 aliphatic heterocycles. The van der Waals surface area contributed by atoms with E-state index in [0.29, 0.717) is 57.2 Å². The number of aromatic amines is 4. The molecule has 0 unspecified atom stereocenters. The molecule has 0 spiro atoms. The zero-order valence-corrected chi connectivity index (χ0v) is 76.5. The molecule has 1 aliphatic carbocycles. The van der Waals surface area contributed by atoms with Gasteiger partial charge in [0.25, 0.3) is 0 Å². The van der Waals surface area contributed by atoms with Crippen molar-refractivity contribution < 1.29 is 51.6 Å². The minimum absolute atomic E-state index is 0.0656. The smallest absolute Gasteiger partial charge is 0.356 e. The van der Waals surface area contributed by atoms with Crippen molar-refractivity contribution >= 4 is 81.9 Å². The highest BCUT2D eigenvalue weighted by atomic mass is 32.2. The Morgan fingerprint density at radius 3 is 1.00 bits per heavy atom. The second-order valence-corrected chi connectivity index (χ2v) is 41.6. The predicted octanol–water partition coefficient (Wildman–Crippen LogP) is 21.3. The summed E-state index contributed by atoms with van der Waals surface area (Å²) in [6.07, 6.45) is 24.0. The van der Waals surface area contributed by atoms with Crippen molar-refractivity contribution in [3.63, 3.8) is 0 Å². The summed E-state index contributed by atoms with van der Waals surface area (Å²) in [5.74, 6) is 5.48. The highest BCUT2D eigenvalue weighted by Crippen LogP contribution is 2.47. The monoisotopic (exact) mass is 1720 g/mol. The highest BCUT2D eigenvalue weighted by molar-refractivity contribution is 7.92. The fourth-order valence-corrected chi connectivity index (χ4v) is 21.9. The van der Waals surface area contributed by atoms with E-state index in [9.17, 15) is 32.7 Å². The fraction of sp³-hybridized carbons (Fsp3) is 0.424. The molecular weight excluding hydrogens is 1600 g/mol. The van der Waals surface area contributed by atoms with Crippen LogP contribution in [0, 0.1) is 60.9 Å². The Bertz CT molecular complexity index is 5870. The number of carbonyl (C=O) groups is 1. The van der Waals surface area contributed by atoms with Crippen LogP contribution in [0.25, 0.3) is 43.6 Å². The van der Waals surface area contributed by atoms with Gasteiger partial charge in [-0.05, 0) is 301 Å². The molecule has 4 aromatic heterocycles. The van der Waals surface area contributed by atoms with E-state index in [1.165, 1.54) is 131 Å². The number of carboxylic acid groups (broad SMARTS) is 1. The molecule has 24 heteroatoms. The second-order valence-electron chi connectivity index (χ2n) is 35.7. The molecule has 8 heterocycles. The van der Waals surface area contributed by atoms with Gasteiger partial charge in [-0.25, -0.2) is 22.8 Å². The van der Waals surface area contributed by atoms with Crippen LogP contribution in [0.1, 0.15) is 204 Å². The average molecular weight is 1730 g/mol. The van der Waals surface area contributed by atoms with Crippen LogP contribution in [-0.4, -0.2) is 136 Å². The van der Waals surface area contributed by atoms with Crippen LogP contribution in [0.2, 0.25) is 0 Å². The van der Waals surface area contributed by atoms with E-state index >= 15 is 0 Å². The molecule has 0 bridgehead atoms. The number of fused-ring (bicyclic) bond motifs is 5. The third kappa shape index (κ3) is 19.9. The lowest BCUT2D eigenvalue weighted by molar-refractivity contribution is 0.0694. The molecular formula is C99H125N10O11PS2. The quantitative estimate of drug-likeness (QED) is 0.0321. The van der Waals surface area contributed by atoms with Gasteiger partial charge in [-0.1, -0.05) is 70.2 Å². The molecule has 5 aliphatic rings. The molecule has 654 valence electrons. The van der Waals surface area contributed by atoms with Crippen LogP contribution < -0.4 is 24.3 Å². The number of hydrogen-bond acceptors (Lipinski definition) is 14. The standard InChI is InChI=1S/C28H34N2O3.2C24H31N3O2S.C23H29N2O4P/c1-17-11-13-30(16-24-22-10-12-29-27(22)18(2)15-26(24)33-3)25(14-17)21-8-9-23(28(31)32)20-7-5-4-6-19(20)21;2*1-16-10-12-27(22(13-16)18-5-7-19(8-6-18)30(4,25)28)15-21-20-9-11-26-24(20)17(2)14-23(21)29-3;1-15-9-11-25(21(12-15)17-4-6-18(7-5-17)30(26,27)28)14-20-19-8-10-24-23(19)16(2)13-22(20)29-3/h8-10,12,15,17,25,29H,4-7,11,13-14,16H2,1-3H3,(H,31,32);2*5-9,11,14,16,22,25-26H,10,12-13,15H2,1-4H3;4-8,10,13,15,21,24H,9,11-12,14H2,1-3H3,(H2,26,27,28)/t17-,25+;16-,22+,30+;16-,22+,30-;15-,21+/m1111/s1. The number of piperidine rings is 4. The molecule has 17 rings (SSSR count). The van der Waals surface area contributed by atoms with Crippen LogP contribution in [0.5, 0.6) is 23.0 Å². The van der Waals surface area contributed by atoms with E-state index < -0.39 is 33.0 Å². The molecule has 21 nitrogen and oxygen atoms in total. The van der Waals surface area contributed by atoms with Crippen molar-refractivity contribution in [2.75, 3.05) is 67.1 Å². The fourth-order valence-electron chi connectivity index (χ4n) is 20.0. The Balaban J connectivity index is 0.000000134. The number of ether oxygens (including phenoxy) is 4. The molecule has 10 atom stereocenters. The summed E-state index contributed by atoms with van der Waals surface area (Å²) >= 11 is 0. The molecule has 8 aromatic carbocycles. The van der Waals surface area contributed by atoms with Gasteiger partial charge in [0, 0.05) is 163 Å². The minimum atomic E-state index is -4.23. The van der Waals surface area contributed by atoms with Crippen LogP contribution in [-0.2, 0) is 63.0 Å². The maximum absolute atomic E-state index is 12.1. The first-order valence-corrected chi connectivity index (χ1v) is 49.1. The maximum Gasteiger partial charge on any atom is 0.356 e. The minimum Gasteiger partial charge on any atom is -0.496 e. The number of methoxy groups -OCH3 is 4. The van der Waals surface area contributed by atoms with E-state index in [1.807, 2.05) is 67.3 Å². The molecule has 0 radical (unpaired) electrons. The summed E-state index contributed by atoms with van der Waals surface area (Å²) in [5, 5.41) is 14.7. The van der Waals surface area contributed by atoms with Crippen molar-refractivity contribution in [3.8, 4) is 23.0 Å². The summed E-state index contributed by atoms with van der Waals surface area (Å²) in [5.41, 5.74) is 22.0. The van der Waals surface area contributed by atoms with Crippen LogP contribution in [0.4, 0.5) is 0 Å². The van der Waals surface area contributed by atoms with Gasteiger partial charge in [0.15, 0.2) is 0 Å². The topological polar surface area (TPSA) is 290 Å². The number of nitrogens with zero attached hydrogens (tertiary/aromatic N) is 4. The maximum atomic E-state index is 12.1. The first-order chi connectivity index (χ1) is 58.8. The number of rotatable bonds is 20. The number of nitrogens with one attached hydrogen (secondary N) is 6. The lowest BCUT2D eigenvalue weighted by atomic mass is 9.79. The van der Waals surface area contributed by atoms with Crippen molar-refractivity contribution in [2.24, 2.45) is 23.7 Å². The lowest BCUT2D eigenvalue weighted by Gasteiger charge is -2.41. The number of aromatic carboxylic acids is 1. The number of aromatic nitrogens is 4. The zero-order chi connectivity index (χ0) is 87.5. The Labute approximate surface area is 726 Å². The van der Waals surface area contributed by atoms with E-state index in [1.54, 1.807) is 40.6 Å². The van der Waals surface area contributed by atoms with E-state index in [0.717, 1.165) is 155 Å². The number of likely N-dealkylation sites (tertiary alicyclic amines) is 4. The Morgan fingerprint density at radius 2 is 0.715 bits per heavy atom. The van der Waals surface area contributed by atoms with E-state index in [4.69, 9.17) is 28.5 Å². The SMILES string of the molecule is COc1cc(C)c2[nH]ccc2c1CN1CC[C@@H](C)C[C@H]1c1ccc(C(=O)O)c2c1CCCC2.COc1cc(C)c2[nH]ccc2c1CN1CC[C@@H](C)C[C@H]1c1ccc(P(=O)(O)O)cc1.COc1cc(C)c2[nH]ccc2c1CN1CC[C@@H](C)C[C@H]1c1ccc([S@@](C)(=N)=O)cc1.COc1cc(C)c2[nH]ccc2c1CN1CC[C@@H](C)C[C@H]1c1ccc([S@](C)(=N)=O)cc1. The van der Waals surface area contributed by atoms with Gasteiger partial charge in [0.2, 0.25) is 0 Å². The second kappa shape index (κ2) is 38.1. The third-order valence-electron chi connectivity index (χ3n) is 26.9. The number of H-pyrrole nitrogens is 4. The van der Waals surface area contributed by atoms with Crippen molar-refractivity contribution in [2.45, 2.75) is 193 Å². The zero-order valence-electron chi connectivity index (χ0n) is 73.9. The molecule has 9 N–H and O–H groups in total. The van der Waals surface area contributed by atoms with Gasteiger partial charge in [-0.3, -0.25) is 24.2 Å². The number of benzene rings is 8. The molecule has 0 amide bonds. The van der Waals surface area contributed by atoms with Gasteiger partial charge < -0.3 is 53.8 Å². The summed E-state index contributed by atoms with van der Waals surface area (Å²) in [6, 6.07) is 44.6. The van der Waals surface area contributed by atoms with Gasteiger partial charge in [-0.2, -0.15) is 0 Å². The Morgan fingerprint density at radius 1 is 0.431 bits per heavy atom. The Kier molecular flexibility index (Phi) is 27.8. The van der Waals surface area contributed by atoms with E-state index in [2.05, 4.69) is 174 Å². The first kappa shape index (κ1) is 89.7. The highest BCUT2D eigenvalue weighted by Gasteiger charge is 2.37. The molecule has 0 saturated carbocycles. The lowest BCUT2D eigenvalue weighted by Crippen LogP contribution is -2.36. The number of carboxylic acids is 1. The van der Waals surface area contributed by atoms with Crippen molar-refractivity contribution in [1.82, 2.24) is 39.5 Å². The number of hydrogen-bond donors (Lipinski definition) is 9. The molecule has 12 aromatic rings.